The summed E-state index contributed by atoms with van der Waals surface area (Å²) in [5.41, 5.74) is 7.36. The Labute approximate surface area is 83.5 Å². The Hall–Kier alpha value is -1.42. The molecule has 0 aliphatic heterocycles. The van der Waals surface area contributed by atoms with Crippen molar-refractivity contribution < 1.29 is 4.79 Å². The number of pyridine rings is 1. The number of aromatic nitrogens is 1. The Bertz CT molecular complexity index is 312. The van der Waals surface area contributed by atoms with Gasteiger partial charge in [-0.25, -0.2) is 0 Å². The van der Waals surface area contributed by atoms with E-state index >= 15 is 0 Å². The van der Waals surface area contributed by atoms with Crippen LogP contribution in [-0.2, 0) is 11.3 Å². The first-order valence-corrected chi connectivity index (χ1v) is 4.58. The van der Waals surface area contributed by atoms with Crippen LogP contribution in [0.15, 0.2) is 18.5 Å². The van der Waals surface area contributed by atoms with Gasteiger partial charge in [-0.1, -0.05) is 0 Å². The van der Waals surface area contributed by atoms with E-state index in [1.807, 2.05) is 19.2 Å². The first kappa shape index (κ1) is 10.7. The number of hydrogen-bond donors (Lipinski definition) is 2. The summed E-state index contributed by atoms with van der Waals surface area (Å²) in [4.78, 5) is 14.5. The molecular formula is C10H15N3O. The summed E-state index contributed by atoms with van der Waals surface area (Å²) in [6.45, 7) is 3.38. The van der Waals surface area contributed by atoms with Gasteiger partial charge in [-0.15, -0.1) is 0 Å². The number of primary amides is 1. The Morgan fingerprint density at radius 1 is 1.64 bits per heavy atom. The molecule has 1 aromatic heterocycles. The second-order valence-corrected chi connectivity index (χ2v) is 3.20. The van der Waals surface area contributed by atoms with E-state index in [-0.39, 0.29) is 5.91 Å². The average molecular weight is 193 g/mol. The van der Waals surface area contributed by atoms with E-state index in [4.69, 9.17) is 5.73 Å². The molecule has 1 heterocycles. The van der Waals surface area contributed by atoms with Gasteiger partial charge in [0, 0.05) is 31.9 Å². The third-order valence-corrected chi connectivity index (χ3v) is 2.01. The zero-order valence-corrected chi connectivity index (χ0v) is 8.29. The zero-order chi connectivity index (χ0) is 10.4. The third-order valence-electron chi connectivity index (χ3n) is 2.01. The van der Waals surface area contributed by atoms with E-state index in [0.717, 1.165) is 12.1 Å². The molecular weight excluding hydrogens is 178 g/mol. The number of amides is 1. The van der Waals surface area contributed by atoms with Crippen LogP contribution in [0.2, 0.25) is 0 Å². The quantitative estimate of drug-likeness (QED) is 0.663. The summed E-state index contributed by atoms with van der Waals surface area (Å²) in [5, 5.41) is 3.13. The molecule has 1 amide bonds. The molecule has 3 N–H and O–H groups in total. The highest BCUT2D eigenvalue weighted by atomic mass is 16.1. The molecule has 0 saturated carbocycles. The fraction of sp³-hybridized carbons (Fsp3) is 0.400. The fourth-order valence-corrected chi connectivity index (χ4v) is 1.12. The minimum Gasteiger partial charge on any atom is -0.370 e. The molecule has 0 saturated heterocycles. The van der Waals surface area contributed by atoms with Gasteiger partial charge in [0.1, 0.15) is 0 Å². The van der Waals surface area contributed by atoms with Crippen LogP contribution in [0.25, 0.3) is 0 Å². The van der Waals surface area contributed by atoms with Crippen LogP contribution in [0.4, 0.5) is 0 Å². The Morgan fingerprint density at radius 3 is 3.07 bits per heavy atom. The monoisotopic (exact) mass is 193 g/mol. The Kier molecular flexibility index (Phi) is 4.07. The molecule has 1 rings (SSSR count). The van der Waals surface area contributed by atoms with Gasteiger partial charge < -0.3 is 11.1 Å². The van der Waals surface area contributed by atoms with Crippen LogP contribution >= 0.6 is 0 Å². The molecule has 0 spiro atoms. The van der Waals surface area contributed by atoms with Gasteiger partial charge in [0.15, 0.2) is 0 Å². The van der Waals surface area contributed by atoms with Gasteiger partial charge in [0.05, 0.1) is 0 Å². The summed E-state index contributed by atoms with van der Waals surface area (Å²) in [5.74, 6) is -0.277. The summed E-state index contributed by atoms with van der Waals surface area (Å²) in [6.07, 6.45) is 3.97. The van der Waals surface area contributed by atoms with E-state index in [1.165, 1.54) is 5.56 Å². The summed E-state index contributed by atoms with van der Waals surface area (Å²) >= 11 is 0. The minimum atomic E-state index is -0.277. The first-order chi connectivity index (χ1) is 6.70. The maximum absolute atomic E-state index is 10.4. The molecule has 76 valence electrons. The SMILES string of the molecule is Cc1ccncc1CNCCC(N)=O. The highest BCUT2D eigenvalue weighted by Gasteiger charge is 1.97. The molecule has 0 aromatic carbocycles. The third kappa shape index (κ3) is 3.53. The van der Waals surface area contributed by atoms with Gasteiger partial charge in [-0.2, -0.15) is 0 Å². The molecule has 0 aliphatic rings. The van der Waals surface area contributed by atoms with E-state index < -0.39 is 0 Å². The lowest BCUT2D eigenvalue weighted by atomic mass is 10.1. The Morgan fingerprint density at radius 2 is 2.43 bits per heavy atom. The van der Waals surface area contributed by atoms with Crippen LogP contribution < -0.4 is 11.1 Å². The molecule has 14 heavy (non-hydrogen) atoms. The van der Waals surface area contributed by atoms with Gasteiger partial charge >= 0.3 is 0 Å². The van der Waals surface area contributed by atoms with Crippen LogP contribution in [0, 0.1) is 6.92 Å². The molecule has 0 unspecified atom stereocenters. The second kappa shape index (κ2) is 5.34. The lowest BCUT2D eigenvalue weighted by molar-refractivity contribution is -0.117. The molecule has 0 bridgehead atoms. The highest BCUT2D eigenvalue weighted by molar-refractivity contribution is 5.73. The van der Waals surface area contributed by atoms with Crippen molar-refractivity contribution in [3.8, 4) is 0 Å². The average Bonchev–Trinajstić information content (AvgIpc) is 2.15. The summed E-state index contributed by atoms with van der Waals surface area (Å²) < 4.78 is 0. The topological polar surface area (TPSA) is 68.0 Å². The molecule has 0 radical (unpaired) electrons. The predicted molar refractivity (Wildman–Crippen MR) is 54.5 cm³/mol. The van der Waals surface area contributed by atoms with Crippen molar-refractivity contribution in [2.75, 3.05) is 6.54 Å². The lowest BCUT2D eigenvalue weighted by Crippen LogP contribution is -2.21. The maximum Gasteiger partial charge on any atom is 0.218 e. The standard InChI is InChI=1S/C10H15N3O/c1-8-2-4-12-6-9(8)7-13-5-3-10(11)14/h2,4,6,13H,3,5,7H2,1H3,(H2,11,14). The molecule has 0 atom stereocenters. The van der Waals surface area contributed by atoms with Gasteiger partial charge in [-0.05, 0) is 24.1 Å². The van der Waals surface area contributed by atoms with Crippen LogP contribution in [-0.4, -0.2) is 17.4 Å². The van der Waals surface area contributed by atoms with Crippen molar-refractivity contribution in [3.05, 3.63) is 29.6 Å². The number of carbonyl (C=O) groups is 1. The van der Waals surface area contributed by atoms with E-state index in [9.17, 15) is 4.79 Å². The van der Waals surface area contributed by atoms with Crippen molar-refractivity contribution in [1.82, 2.24) is 10.3 Å². The number of aryl methyl sites for hydroxylation is 1. The normalized spacial score (nSPS) is 10.1. The molecule has 4 nitrogen and oxygen atoms in total. The summed E-state index contributed by atoms with van der Waals surface area (Å²) in [7, 11) is 0. The van der Waals surface area contributed by atoms with Crippen LogP contribution in [0.3, 0.4) is 0 Å². The highest BCUT2D eigenvalue weighted by Crippen LogP contribution is 2.03. The van der Waals surface area contributed by atoms with Crippen molar-refractivity contribution >= 4 is 5.91 Å². The van der Waals surface area contributed by atoms with Crippen molar-refractivity contribution in [2.24, 2.45) is 5.73 Å². The summed E-state index contributed by atoms with van der Waals surface area (Å²) in [6, 6.07) is 1.96. The molecule has 1 aromatic rings. The van der Waals surface area contributed by atoms with E-state index in [0.29, 0.717) is 13.0 Å². The minimum absolute atomic E-state index is 0.277. The smallest absolute Gasteiger partial charge is 0.218 e. The van der Waals surface area contributed by atoms with Crippen LogP contribution in [0.1, 0.15) is 17.5 Å². The van der Waals surface area contributed by atoms with Gasteiger partial charge in [0.2, 0.25) is 5.91 Å². The maximum atomic E-state index is 10.4. The van der Waals surface area contributed by atoms with Gasteiger partial charge in [0.25, 0.3) is 0 Å². The van der Waals surface area contributed by atoms with Crippen molar-refractivity contribution in [1.29, 1.82) is 0 Å². The van der Waals surface area contributed by atoms with Crippen molar-refractivity contribution in [2.45, 2.75) is 19.9 Å². The van der Waals surface area contributed by atoms with Crippen LogP contribution in [0.5, 0.6) is 0 Å². The van der Waals surface area contributed by atoms with E-state index in [1.54, 1.807) is 6.20 Å². The molecule has 0 aliphatic carbocycles. The predicted octanol–water partition coefficient (Wildman–Crippen LogP) is 0.355. The second-order valence-electron chi connectivity index (χ2n) is 3.20. The van der Waals surface area contributed by atoms with Crippen molar-refractivity contribution in [3.63, 3.8) is 0 Å². The molecule has 0 fully saturated rings. The fourth-order valence-electron chi connectivity index (χ4n) is 1.12. The zero-order valence-electron chi connectivity index (χ0n) is 8.29. The Balaban J connectivity index is 2.31. The largest absolute Gasteiger partial charge is 0.370 e. The molecule has 4 heteroatoms. The number of rotatable bonds is 5. The number of nitrogens with one attached hydrogen (secondary N) is 1. The number of nitrogens with two attached hydrogens (primary N) is 1. The number of hydrogen-bond acceptors (Lipinski definition) is 3. The number of nitrogens with zero attached hydrogens (tertiary/aromatic N) is 1. The van der Waals surface area contributed by atoms with E-state index in [2.05, 4.69) is 10.3 Å². The van der Waals surface area contributed by atoms with Gasteiger partial charge in [-0.3, -0.25) is 9.78 Å². The number of carbonyl (C=O) groups excluding carboxylic acids is 1. The first-order valence-electron chi connectivity index (χ1n) is 4.58. The lowest BCUT2D eigenvalue weighted by Gasteiger charge is -2.05.